The normalized spacial score (nSPS) is 24.7. The molecule has 3 unspecified atom stereocenters. The Morgan fingerprint density at radius 3 is 2.78 bits per heavy atom. The Bertz CT molecular complexity index is 1260. The summed E-state index contributed by atoms with van der Waals surface area (Å²) in [5, 5.41) is 19.9. The van der Waals surface area contributed by atoms with E-state index in [0.717, 1.165) is 0 Å². The van der Waals surface area contributed by atoms with E-state index in [9.17, 15) is 18.0 Å². The van der Waals surface area contributed by atoms with Gasteiger partial charge in [-0.3, -0.25) is 9.59 Å². The Labute approximate surface area is 223 Å². The number of ketones is 1. The molecule has 0 aromatic carbocycles. The number of nitrogens with two attached hydrogens (primary N) is 2. The number of thioether (sulfide) groups is 1. The van der Waals surface area contributed by atoms with Gasteiger partial charge in [-0.15, -0.1) is 0 Å². The minimum absolute atomic E-state index is 0.0275. The highest BCUT2D eigenvalue weighted by Gasteiger charge is 2.51. The largest absolute Gasteiger partial charge is 0.380 e. The van der Waals surface area contributed by atoms with Crippen molar-refractivity contribution in [2.24, 2.45) is 16.6 Å². The quantitative estimate of drug-likeness (QED) is 0.112. The van der Waals surface area contributed by atoms with Crippen LogP contribution in [-0.4, -0.2) is 80.6 Å². The van der Waals surface area contributed by atoms with Crippen LogP contribution in [0.4, 0.5) is 0 Å². The van der Waals surface area contributed by atoms with Crippen LogP contribution >= 0.6 is 24.6 Å². The summed E-state index contributed by atoms with van der Waals surface area (Å²) in [6.45, 7) is 5.60. The Morgan fingerprint density at radius 2 is 2.19 bits per heavy atom. The minimum atomic E-state index is -3.38. The van der Waals surface area contributed by atoms with Crippen molar-refractivity contribution in [3.8, 4) is 0 Å². The third kappa shape index (κ3) is 6.11. The van der Waals surface area contributed by atoms with Crippen molar-refractivity contribution >= 4 is 51.8 Å². The summed E-state index contributed by atoms with van der Waals surface area (Å²) in [4.78, 5) is 32.0. The zero-order chi connectivity index (χ0) is 27.0. The van der Waals surface area contributed by atoms with Gasteiger partial charge in [0.25, 0.3) is 5.91 Å². The van der Waals surface area contributed by atoms with Gasteiger partial charge in [0.1, 0.15) is 5.50 Å². The number of Topliss-reactive ketones (excluding diaryl/α,β-unsaturated/α-hetero) is 1. The first-order valence-electron chi connectivity index (χ1n) is 11.4. The first-order chi connectivity index (χ1) is 17.4. The second kappa shape index (κ2) is 10.6. The van der Waals surface area contributed by atoms with E-state index in [2.05, 4.69) is 45.4 Å². The highest BCUT2D eigenvalue weighted by molar-refractivity contribution is 8.02. The number of nitrogens with one attached hydrogen (secondary N) is 2. The number of hydrogen-bond acceptors (Lipinski definition) is 14. The molecule has 3 heterocycles. The lowest BCUT2D eigenvalue weighted by Gasteiger charge is -2.47. The summed E-state index contributed by atoms with van der Waals surface area (Å²) >= 11 is 5.69. The molecule has 1 aromatic rings. The number of amides is 1. The molecule has 2 fully saturated rings. The Hall–Kier alpha value is -2.60. The first-order valence-corrected chi connectivity index (χ1v) is 14.5. The average Bonchev–Trinajstić information content (AvgIpc) is 3.32. The van der Waals surface area contributed by atoms with Gasteiger partial charge in [-0.1, -0.05) is 36.3 Å². The summed E-state index contributed by atoms with van der Waals surface area (Å²) in [7, 11) is -3.38. The van der Waals surface area contributed by atoms with Gasteiger partial charge in [0, 0.05) is 30.5 Å². The molecule has 2 aliphatic heterocycles. The maximum absolute atomic E-state index is 13.3. The van der Waals surface area contributed by atoms with Crippen LogP contribution in [0.1, 0.15) is 25.5 Å². The SMILES string of the molecule is C=C1C(NC(=O)/C(=N\OC2(C(C)=O)CC2)C2=CSC(N)N2)C(Cn2ncc(CS(=O)(=O)CCN)n2)N1S. The fourth-order valence-electron chi connectivity index (χ4n) is 3.79. The maximum atomic E-state index is 13.3. The minimum Gasteiger partial charge on any atom is -0.380 e. The second-order valence-corrected chi connectivity index (χ2v) is 12.6. The number of oxime groups is 1. The van der Waals surface area contributed by atoms with Gasteiger partial charge in [0.05, 0.1) is 47.7 Å². The van der Waals surface area contributed by atoms with Crippen LogP contribution in [-0.2, 0) is 36.6 Å². The van der Waals surface area contributed by atoms with Gasteiger partial charge < -0.3 is 31.2 Å². The van der Waals surface area contributed by atoms with Gasteiger partial charge >= 0.3 is 0 Å². The third-order valence-corrected chi connectivity index (χ3v) is 9.06. The molecule has 0 bridgehead atoms. The van der Waals surface area contributed by atoms with Crippen molar-refractivity contribution in [3.05, 3.63) is 35.3 Å². The number of sulfone groups is 1. The fraction of sp³-hybridized carbons (Fsp3) is 0.550. The van der Waals surface area contributed by atoms with Gasteiger partial charge in [-0.2, -0.15) is 15.0 Å². The molecule has 0 radical (unpaired) electrons. The van der Waals surface area contributed by atoms with Crippen LogP contribution < -0.4 is 22.1 Å². The third-order valence-electron chi connectivity index (χ3n) is 6.13. The highest BCUT2D eigenvalue weighted by atomic mass is 32.2. The number of carbonyl (C=O) groups excluding carboxylic acids is 2. The van der Waals surface area contributed by atoms with Gasteiger partial charge in [-0.25, -0.2) is 8.42 Å². The van der Waals surface area contributed by atoms with Crippen LogP contribution in [0.3, 0.4) is 0 Å². The summed E-state index contributed by atoms with van der Waals surface area (Å²) < 4.78 is 25.6. The molecule has 37 heavy (non-hydrogen) atoms. The molecule has 1 saturated carbocycles. The summed E-state index contributed by atoms with van der Waals surface area (Å²) in [5.74, 6) is -1.13. The van der Waals surface area contributed by atoms with Crippen LogP contribution in [0.5, 0.6) is 0 Å². The Kier molecular flexibility index (Phi) is 7.89. The van der Waals surface area contributed by atoms with Crippen LogP contribution in [0.2, 0.25) is 0 Å². The van der Waals surface area contributed by atoms with Crippen LogP contribution in [0.25, 0.3) is 0 Å². The van der Waals surface area contributed by atoms with E-state index in [4.69, 9.17) is 16.3 Å². The molecule has 14 nitrogen and oxygen atoms in total. The summed E-state index contributed by atoms with van der Waals surface area (Å²) in [6.07, 6.45) is 2.44. The van der Waals surface area contributed by atoms with E-state index in [1.54, 1.807) is 9.71 Å². The fourth-order valence-corrected chi connectivity index (χ4v) is 5.87. The number of aromatic nitrogens is 3. The molecule has 17 heteroatoms. The van der Waals surface area contributed by atoms with Gasteiger partial charge in [-0.05, 0) is 6.92 Å². The van der Waals surface area contributed by atoms with E-state index in [1.807, 2.05) is 0 Å². The van der Waals surface area contributed by atoms with Crippen molar-refractivity contribution in [3.63, 3.8) is 0 Å². The van der Waals surface area contributed by atoms with Crippen LogP contribution in [0, 0.1) is 0 Å². The molecule has 3 aliphatic rings. The standard InChI is InChI=1S/C20H29N9O5S3/c1-11-16(15(29(11)35)8-28-23-7-13(26-28)10-37(32,33)6-5-21)25-18(31)17(14-9-36-19(22)24-14)27-34-20(3-4-20)12(2)30/h7,9,15-16,19,24,35H,1,3-6,8,10,21-22H2,2H3,(H,25,31)/b27-17-. The molecular formula is C20H29N9O5S3. The van der Waals surface area contributed by atoms with E-state index >= 15 is 0 Å². The summed E-state index contributed by atoms with van der Waals surface area (Å²) in [5.41, 5.74) is 10.9. The molecular weight excluding hydrogens is 542 g/mol. The number of hydrogen-bond donors (Lipinski definition) is 5. The van der Waals surface area contributed by atoms with Crippen molar-refractivity contribution < 1.29 is 22.8 Å². The molecule has 202 valence electrons. The monoisotopic (exact) mass is 571 g/mol. The maximum Gasteiger partial charge on any atom is 0.276 e. The highest BCUT2D eigenvalue weighted by Crippen LogP contribution is 2.40. The van der Waals surface area contributed by atoms with E-state index in [1.165, 1.54) is 29.7 Å². The van der Waals surface area contributed by atoms with Crippen LogP contribution in [0.15, 0.2) is 34.7 Å². The molecule has 0 spiro atoms. The van der Waals surface area contributed by atoms with E-state index < -0.39 is 38.9 Å². The molecule has 1 aromatic heterocycles. The lowest BCUT2D eigenvalue weighted by molar-refractivity contribution is -0.131. The van der Waals surface area contributed by atoms with Crippen molar-refractivity contribution in [1.82, 2.24) is 29.9 Å². The zero-order valence-corrected chi connectivity index (χ0v) is 22.6. The smallest absolute Gasteiger partial charge is 0.276 e. The summed E-state index contributed by atoms with van der Waals surface area (Å²) in [6, 6.07) is -0.936. The van der Waals surface area contributed by atoms with Crippen molar-refractivity contribution in [1.29, 1.82) is 0 Å². The van der Waals surface area contributed by atoms with Crippen molar-refractivity contribution in [2.75, 3.05) is 12.3 Å². The molecule has 1 aliphatic carbocycles. The molecule has 1 amide bonds. The Morgan fingerprint density at radius 1 is 1.46 bits per heavy atom. The predicted molar refractivity (Wildman–Crippen MR) is 140 cm³/mol. The molecule has 6 N–H and O–H groups in total. The van der Waals surface area contributed by atoms with E-state index in [-0.39, 0.29) is 41.8 Å². The number of carbonyl (C=O) groups is 2. The zero-order valence-electron chi connectivity index (χ0n) is 20.0. The molecule has 1 saturated heterocycles. The van der Waals surface area contributed by atoms with Gasteiger partial charge in [0.2, 0.25) is 0 Å². The number of nitrogens with zero attached hydrogens (tertiary/aromatic N) is 5. The lowest BCUT2D eigenvalue weighted by Crippen LogP contribution is -2.63. The van der Waals surface area contributed by atoms with E-state index in [0.29, 0.717) is 24.2 Å². The van der Waals surface area contributed by atoms with Crippen molar-refractivity contribution in [2.45, 2.75) is 55.2 Å². The Balaban J connectivity index is 1.45. The number of rotatable bonds is 12. The first kappa shape index (κ1) is 27.4. The lowest BCUT2D eigenvalue weighted by atomic mass is 9.95. The van der Waals surface area contributed by atoms with Gasteiger partial charge in [0.15, 0.2) is 26.9 Å². The topological polar surface area (TPSA) is 200 Å². The number of thiol groups is 1. The molecule has 3 atom stereocenters. The predicted octanol–water partition coefficient (Wildman–Crippen LogP) is -1.41. The average molecular weight is 572 g/mol. The second-order valence-electron chi connectivity index (χ2n) is 8.94. The molecule has 4 rings (SSSR count).